The third-order valence-corrected chi connectivity index (χ3v) is 4.82. The predicted molar refractivity (Wildman–Crippen MR) is 77.7 cm³/mol. The molecule has 104 valence electrons. The van der Waals surface area contributed by atoms with Crippen LogP contribution in [0.5, 0.6) is 0 Å². The first-order valence-electron chi connectivity index (χ1n) is 7.38. The van der Waals surface area contributed by atoms with Gasteiger partial charge in [-0.25, -0.2) is 0 Å². The second kappa shape index (κ2) is 4.63. The zero-order valence-corrected chi connectivity index (χ0v) is 11.4. The van der Waals surface area contributed by atoms with Crippen LogP contribution in [0, 0.1) is 11.8 Å². The molecule has 2 fully saturated rings. The minimum atomic E-state index is 0.0383. The molecule has 1 saturated heterocycles. The average Bonchev–Trinajstić information content (AvgIpc) is 3.19. The molecule has 2 aliphatic rings. The van der Waals surface area contributed by atoms with Gasteiger partial charge in [-0.2, -0.15) is 0 Å². The Morgan fingerprint density at radius 1 is 1.35 bits per heavy atom. The molecule has 4 heteroatoms. The zero-order valence-electron chi connectivity index (χ0n) is 11.4. The number of pyridine rings is 1. The van der Waals surface area contributed by atoms with Crippen molar-refractivity contribution in [2.45, 2.75) is 18.9 Å². The summed E-state index contributed by atoms with van der Waals surface area (Å²) in [6, 6.07) is 8.59. The Morgan fingerprint density at radius 3 is 3.10 bits per heavy atom. The number of aromatic nitrogens is 1. The molecule has 1 aliphatic heterocycles. The molecule has 2 aromatic heterocycles. The van der Waals surface area contributed by atoms with E-state index in [9.17, 15) is 4.79 Å². The van der Waals surface area contributed by atoms with Crippen LogP contribution >= 0.6 is 0 Å². The summed E-state index contributed by atoms with van der Waals surface area (Å²) in [5, 5.41) is 6.61. The quantitative estimate of drug-likeness (QED) is 0.890. The van der Waals surface area contributed by atoms with Crippen molar-refractivity contribution in [1.82, 2.24) is 15.0 Å². The lowest BCUT2D eigenvalue weighted by atomic mass is 9.95. The first kappa shape index (κ1) is 12.0. The fourth-order valence-corrected chi connectivity index (χ4v) is 3.69. The van der Waals surface area contributed by atoms with E-state index in [0.717, 1.165) is 30.1 Å². The predicted octanol–water partition coefficient (Wildman–Crippen LogP) is 1.67. The molecule has 1 aliphatic carbocycles. The van der Waals surface area contributed by atoms with Crippen LogP contribution < -0.4 is 10.6 Å². The maximum absolute atomic E-state index is 12.2. The summed E-state index contributed by atoms with van der Waals surface area (Å²) >= 11 is 0. The van der Waals surface area contributed by atoms with E-state index in [1.807, 2.05) is 41.1 Å². The van der Waals surface area contributed by atoms with E-state index in [-0.39, 0.29) is 5.91 Å². The van der Waals surface area contributed by atoms with E-state index in [4.69, 9.17) is 0 Å². The summed E-state index contributed by atoms with van der Waals surface area (Å²) < 4.78 is 1.98. The number of carbonyl (C=O) groups is 1. The SMILES string of the molecule is O=C(NCC1CC2CC1CN2)c1ccc2cccn2c1. The van der Waals surface area contributed by atoms with Gasteiger partial charge in [-0.15, -0.1) is 0 Å². The van der Waals surface area contributed by atoms with Gasteiger partial charge in [0.05, 0.1) is 5.56 Å². The Bertz CT molecular complexity index is 648. The number of nitrogens with zero attached hydrogens (tertiary/aromatic N) is 1. The summed E-state index contributed by atoms with van der Waals surface area (Å²) in [6.45, 7) is 1.94. The number of carbonyl (C=O) groups excluding carboxylic acids is 1. The van der Waals surface area contributed by atoms with Crippen molar-refractivity contribution in [2.24, 2.45) is 11.8 Å². The summed E-state index contributed by atoms with van der Waals surface area (Å²) in [5.41, 5.74) is 1.84. The molecule has 1 saturated carbocycles. The van der Waals surface area contributed by atoms with Crippen molar-refractivity contribution in [2.75, 3.05) is 13.1 Å². The van der Waals surface area contributed by atoms with Gasteiger partial charge < -0.3 is 15.0 Å². The topological polar surface area (TPSA) is 45.5 Å². The van der Waals surface area contributed by atoms with Crippen molar-refractivity contribution in [3.05, 3.63) is 42.2 Å². The highest BCUT2D eigenvalue weighted by atomic mass is 16.1. The van der Waals surface area contributed by atoms with Crippen LogP contribution in [0.2, 0.25) is 0 Å². The van der Waals surface area contributed by atoms with Gasteiger partial charge in [0.2, 0.25) is 0 Å². The summed E-state index contributed by atoms with van der Waals surface area (Å²) in [5.74, 6) is 1.45. The van der Waals surface area contributed by atoms with E-state index in [1.165, 1.54) is 12.8 Å². The van der Waals surface area contributed by atoms with Gasteiger partial charge in [-0.3, -0.25) is 4.79 Å². The number of hydrogen-bond acceptors (Lipinski definition) is 2. The first-order chi connectivity index (χ1) is 9.79. The standard InChI is InChI=1S/C16H19N3O/c20-16(11-3-4-15-2-1-5-19(15)10-11)18-9-13-7-14-6-12(13)8-17-14/h1-5,10,12-14,17H,6-9H2,(H,18,20). The second-order valence-corrected chi connectivity index (χ2v) is 6.06. The number of fused-ring (bicyclic) bond motifs is 3. The number of amides is 1. The average molecular weight is 269 g/mol. The molecule has 3 unspecified atom stereocenters. The van der Waals surface area contributed by atoms with Crippen LogP contribution in [-0.2, 0) is 0 Å². The van der Waals surface area contributed by atoms with Gasteiger partial charge in [-0.1, -0.05) is 0 Å². The summed E-state index contributed by atoms with van der Waals surface area (Å²) in [6.07, 6.45) is 6.36. The molecule has 3 heterocycles. The number of nitrogens with one attached hydrogen (secondary N) is 2. The van der Waals surface area contributed by atoms with Gasteiger partial charge in [0, 0.05) is 30.5 Å². The second-order valence-electron chi connectivity index (χ2n) is 6.06. The van der Waals surface area contributed by atoms with Crippen LogP contribution in [0.4, 0.5) is 0 Å². The first-order valence-corrected chi connectivity index (χ1v) is 7.38. The van der Waals surface area contributed by atoms with Crippen molar-refractivity contribution in [1.29, 1.82) is 0 Å². The van der Waals surface area contributed by atoms with E-state index in [2.05, 4.69) is 10.6 Å². The van der Waals surface area contributed by atoms with E-state index in [1.54, 1.807) is 0 Å². The van der Waals surface area contributed by atoms with Crippen LogP contribution in [0.25, 0.3) is 5.52 Å². The molecule has 0 radical (unpaired) electrons. The Morgan fingerprint density at radius 2 is 2.30 bits per heavy atom. The molecule has 2 N–H and O–H groups in total. The van der Waals surface area contributed by atoms with Crippen LogP contribution in [0.3, 0.4) is 0 Å². The molecule has 3 atom stereocenters. The molecule has 0 spiro atoms. The molecule has 1 amide bonds. The molecule has 20 heavy (non-hydrogen) atoms. The highest BCUT2D eigenvalue weighted by Gasteiger charge is 2.39. The Hall–Kier alpha value is -1.81. The molecule has 0 aromatic carbocycles. The van der Waals surface area contributed by atoms with Crippen molar-refractivity contribution < 1.29 is 4.79 Å². The highest BCUT2D eigenvalue weighted by molar-refractivity contribution is 5.94. The largest absolute Gasteiger partial charge is 0.352 e. The van der Waals surface area contributed by atoms with Gasteiger partial charge >= 0.3 is 0 Å². The van der Waals surface area contributed by atoms with Gasteiger partial charge in [0.1, 0.15) is 0 Å². The lowest BCUT2D eigenvalue weighted by Gasteiger charge is -2.22. The van der Waals surface area contributed by atoms with Crippen LogP contribution in [0.1, 0.15) is 23.2 Å². The van der Waals surface area contributed by atoms with Crippen molar-refractivity contribution >= 4 is 11.4 Å². The zero-order chi connectivity index (χ0) is 13.5. The maximum Gasteiger partial charge on any atom is 0.252 e. The third-order valence-electron chi connectivity index (χ3n) is 4.82. The highest BCUT2D eigenvalue weighted by Crippen LogP contribution is 2.35. The molecule has 4 rings (SSSR count). The van der Waals surface area contributed by atoms with Crippen LogP contribution in [0.15, 0.2) is 36.7 Å². The van der Waals surface area contributed by atoms with Crippen molar-refractivity contribution in [3.8, 4) is 0 Å². The summed E-state index contributed by atoms with van der Waals surface area (Å²) in [7, 11) is 0. The smallest absolute Gasteiger partial charge is 0.252 e. The molecular weight excluding hydrogens is 250 g/mol. The number of piperidine rings is 1. The lowest BCUT2D eigenvalue weighted by molar-refractivity contribution is 0.0942. The fourth-order valence-electron chi connectivity index (χ4n) is 3.69. The van der Waals surface area contributed by atoms with E-state index >= 15 is 0 Å². The molecule has 4 nitrogen and oxygen atoms in total. The summed E-state index contributed by atoms with van der Waals surface area (Å²) in [4.78, 5) is 12.2. The van der Waals surface area contributed by atoms with Gasteiger partial charge in [0.25, 0.3) is 5.91 Å². The van der Waals surface area contributed by atoms with Crippen molar-refractivity contribution in [3.63, 3.8) is 0 Å². The van der Waals surface area contributed by atoms with E-state index < -0.39 is 0 Å². The molecule has 2 aromatic rings. The maximum atomic E-state index is 12.2. The van der Waals surface area contributed by atoms with Gasteiger partial charge in [0.15, 0.2) is 0 Å². The van der Waals surface area contributed by atoms with Gasteiger partial charge in [-0.05, 0) is 55.5 Å². The number of rotatable bonds is 3. The minimum absolute atomic E-state index is 0.0383. The van der Waals surface area contributed by atoms with E-state index in [0.29, 0.717) is 12.0 Å². The molecular formula is C16H19N3O. The Balaban J connectivity index is 1.42. The fraction of sp³-hybridized carbons (Fsp3) is 0.438. The third kappa shape index (κ3) is 2.00. The number of hydrogen-bond donors (Lipinski definition) is 2. The molecule has 2 bridgehead atoms. The monoisotopic (exact) mass is 269 g/mol. The normalized spacial score (nSPS) is 28.1. The lowest BCUT2D eigenvalue weighted by Crippen LogP contribution is -2.37. The van der Waals surface area contributed by atoms with Crippen LogP contribution in [-0.4, -0.2) is 29.4 Å². The minimum Gasteiger partial charge on any atom is -0.352 e. The Kier molecular flexibility index (Phi) is 2.77. The Labute approximate surface area is 118 Å².